The van der Waals surface area contributed by atoms with Gasteiger partial charge in [0.15, 0.2) is 0 Å². The summed E-state index contributed by atoms with van der Waals surface area (Å²) >= 11 is 0. The second-order valence-corrected chi connectivity index (χ2v) is 7.56. The van der Waals surface area contributed by atoms with Crippen LogP contribution in [0.5, 0.6) is 0 Å². The van der Waals surface area contributed by atoms with Crippen LogP contribution in [-0.4, -0.2) is 32.2 Å². The molecule has 27 heavy (non-hydrogen) atoms. The molecule has 0 spiro atoms. The van der Waals surface area contributed by atoms with Gasteiger partial charge in [-0.1, -0.05) is 20.8 Å². The molecule has 140 valence electrons. The molecule has 0 aliphatic heterocycles. The smallest absolute Gasteiger partial charge is 0.225 e. The zero-order valence-corrected chi connectivity index (χ0v) is 16.2. The molecule has 1 N–H and O–H groups in total. The van der Waals surface area contributed by atoms with Gasteiger partial charge in [0.25, 0.3) is 0 Å². The van der Waals surface area contributed by atoms with Gasteiger partial charge in [0, 0.05) is 47.4 Å². The Morgan fingerprint density at radius 3 is 2.44 bits per heavy atom. The number of rotatable bonds is 5. The van der Waals surface area contributed by atoms with Crippen LogP contribution in [0.15, 0.2) is 49.1 Å². The fraction of sp³-hybridized carbons (Fsp3) is 0.333. The van der Waals surface area contributed by atoms with Crippen LogP contribution in [0, 0.1) is 12.3 Å². The second-order valence-electron chi connectivity index (χ2n) is 7.56. The lowest BCUT2D eigenvalue weighted by Gasteiger charge is -2.18. The summed E-state index contributed by atoms with van der Waals surface area (Å²) < 4.78 is 1.92. The Morgan fingerprint density at radius 1 is 1.07 bits per heavy atom. The van der Waals surface area contributed by atoms with Gasteiger partial charge in [0.2, 0.25) is 5.91 Å². The quantitative estimate of drug-likeness (QED) is 0.753. The summed E-state index contributed by atoms with van der Waals surface area (Å²) in [5.74, 6) is 0.0302. The number of nitrogens with one attached hydrogen (secondary N) is 1. The van der Waals surface area contributed by atoms with Crippen LogP contribution in [0.4, 0.5) is 0 Å². The largest absolute Gasteiger partial charge is 0.354 e. The summed E-state index contributed by atoms with van der Waals surface area (Å²) in [4.78, 5) is 20.6. The van der Waals surface area contributed by atoms with Gasteiger partial charge in [-0.2, -0.15) is 5.10 Å². The highest BCUT2D eigenvalue weighted by Crippen LogP contribution is 2.31. The van der Waals surface area contributed by atoms with Crippen LogP contribution in [0.2, 0.25) is 0 Å². The van der Waals surface area contributed by atoms with E-state index in [9.17, 15) is 4.79 Å². The van der Waals surface area contributed by atoms with Gasteiger partial charge < -0.3 is 5.32 Å². The Labute approximate surface area is 159 Å². The molecular weight excluding hydrogens is 338 g/mol. The predicted molar refractivity (Wildman–Crippen MR) is 106 cm³/mol. The lowest BCUT2D eigenvalue weighted by Crippen LogP contribution is -2.36. The summed E-state index contributed by atoms with van der Waals surface area (Å²) in [5, 5.41) is 7.55. The van der Waals surface area contributed by atoms with Gasteiger partial charge in [-0.15, -0.1) is 0 Å². The van der Waals surface area contributed by atoms with E-state index in [0.29, 0.717) is 13.1 Å². The average Bonchev–Trinajstić information content (AvgIpc) is 3.06. The molecule has 0 atom stereocenters. The first kappa shape index (κ1) is 18.8. The van der Waals surface area contributed by atoms with Crippen molar-refractivity contribution in [3.8, 4) is 22.4 Å². The van der Waals surface area contributed by atoms with E-state index in [1.54, 1.807) is 12.4 Å². The molecule has 3 aromatic rings. The third kappa shape index (κ3) is 4.39. The van der Waals surface area contributed by atoms with E-state index in [1.165, 1.54) is 0 Å². The molecule has 6 heteroatoms. The van der Waals surface area contributed by atoms with Gasteiger partial charge in [0.1, 0.15) is 0 Å². The van der Waals surface area contributed by atoms with Gasteiger partial charge >= 0.3 is 0 Å². The Balaban J connectivity index is 1.91. The molecule has 0 saturated carbocycles. The van der Waals surface area contributed by atoms with E-state index in [4.69, 9.17) is 0 Å². The Morgan fingerprint density at radius 2 is 1.81 bits per heavy atom. The molecule has 1 amide bonds. The minimum Gasteiger partial charge on any atom is -0.354 e. The highest BCUT2D eigenvalue weighted by Gasteiger charge is 2.21. The van der Waals surface area contributed by atoms with Crippen LogP contribution >= 0.6 is 0 Å². The second kappa shape index (κ2) is 7.70. The summed E-state index contributed by atoms with van der Waals surface area (Å²) in [7, 11) is 0. The number of carbonyl (C=O) groups is 1. The van der Waals surface area contributed by atoms with Gasteiger partial charge in [-0.3, -0.25) is 19.4 Å². The van der Waals surface area contributed by atoms with Crippen molar-refractivity contribution in [3.05, 3.63) is 54.7 Å². The molecule has 6 nitrogen and oxygen atoms in total. The fourth-order valence-corrected chi connectivity index (χ4v) is 2.75. The lowest BCUT2D eigenvalue weighted by atomic mass is 9.96. The fourth-order valence-electron chi connectivity index (χ4n) is 2.75. The third-order valence-electron chi connectivity index (χ3n) is 4.31. The molecular formula is C21H25N5O. The maximum atomic E-state index is 12.1. The van der Waals surface area contributed by atoms with E-state index in [2.05, 4.69) is 20.4 Å². The number of aromatic nitrogens is 4. The SMILES string of the molecule is Cc1ccc(-c2c(-c3ccncc3)cnn2CCNC(=O)C(C)(C)C)cn1. The standard InChI is InChI=1S/C21H25N5O/c1-15-5-6-17(13-24-15)19-18(16-7-9-22-10-8-16)14-25-26(19)12-11-23-20(27)21(2,3)4/h5-10,13-14H,11-12H2,1-4H3,(H,23,27). The maximum absolute atomic E-state index is 12.1. The normalized spacial score (nSPS) is 11.4. The van der Waals surface area contributed by atoms with Gasteiger partial charge in [-0.05, 0) is 36.8 Å². The number of hydrogen-bond acceptors (Lipinski definition) is 4. The highest BCUT2D eigenvalue weighted by atomic mass is 16.2. The van der Waals surface area contributed by atoms with Crippen molar-refractivity contribution in [2.75, 3.05) is 6.54 Å². The first-order valence-corrected chi connectivity index (χ1v) is 9.04. The minimum atomic E-state index is -0.407. The molecule has 0 unspecified atom stereocenters. The van der Waals surface area contributed by atoms with Crippen molar-refractivity contribution in [2.45, 2.75) is 34.2 Å². The van der Waals surface area contributed by atoms with E-state index in [0.717, 1.165) is 28.1 Å². The van der Waals surface area contributed by atoms with Crippen molar-refractivity contribution in [1.82, 2.24) is 25.1 Å². The Bertz CT molecular complexity index is 908. The summed E-state index contributed by atoms with van der Waals surface area (Å²) in [6, 6.07) is 7.97. The Kier molecular flexibility index (Phi) is 5.35. The number of amides is 1. The number of aryl methyl sites for hydroxylation is 1. The maximum Gasteiger partial charge on any atom is 0.225 e. The number of hydrogen-bond donors (Lipinski definition) is 1. The van der Waals surface area contributed by atoms with Crippen LogP contribution in [0.3, 0.4) is 0 Å². The highest BCUT2D eigenvalue weighted by molar-refractivity contribution is 5.81. The first-order valence-electron chi connectivity index (χ1n) is 9.04. The van der Waals surface area contributed by atoms with E-state index >= 15 is 0 Å². The zero-order valence-electron chi connectivity index (χ0n) is 16.2. The molecule has 0 aliphatic carbocycles. The van der Waals surface area contributed by atoms with E-state index in [-0.39, 0.29) is 5.91 Å². The number of nitrogens with zero attached hydrogens (tertiary/aromatic N) is 4. The van der Waals surface area contributed by atoms with E-state index in [1.807, 2.05) is 69.0 Å². The summed E-state index contributed by atoms with van der Waals surface area (Å²) in [6.07, 6.45) is 7.26. The average molecular weight is 363 g/mol. The molecule has 0 bridgehead atoms. The van der Waals surface area contributed by atoms with Crippen molar-refractivity contribution in [3.63, 3.8) is 0 Å². The van der Waals surface area contributed by atoms with Crippen LogP contribution in [0.25, 0.3) is 22.4 Å². The molecule has 3 aromatic heterocycles. The summed E-state index contributed by atoms with van der Waals surface area (Å²) in [5.41, 5.74) is 4.60. The molecule has 3 rings (SSSR count). The van der Waals surface area contributed by atoms with Crippen molar-refractivity contribution in [2.24, 2.45) is 5.41 Å². The van der Waals surface area contributed by atoms with Crippen LogP contribution < -0.4 is 5.32 Å². The van der Waals surface area contributed by atoms with Crippen LogP contribution in [0.1, 0.15) is 26.5 Å². The number of carbonyl (C=O) groups excluding carboxylic acids is 1. The topological polar surface area (TPSA) is 72.7 Å². The third-order valence-corrected chi connectivity index (χ3v) is 4.31. The first-order chi connectivity index (χ1) is 12.9. The van der Waals surface area contributed by atoms with Crippen LogP contribution in [-0.2, 0) is 11.3 Å². The molecule has 0 saturated heterocycles. The molecule has 0 aliphatic rings. The van der Waals surface area contributed by atoms with Gasteiger partial charge in [0.05, 0.1) is 18.4 Å². The van der Waals surface area contributed by atoms with E-state index < -0.39 is 5.41 Å². The summed E-state index contributed by atoms with van der Waals surface area (Å²) in [6.45, 7) is 8.77. The monoisotopic (exact) mass is 363 g/mol. The minimum absolute atomic E-state index is 0.0302. The molecule has 3 heterocycles. The molecule has 0 aromatic carbocycles. The zero-order chi connectivity index (χ0) is 19.4. The Hall–Kier alpha value is -3.02. The molecule has 0 fully saturated rings. The predicted octanol–water partition coefficient (Wildman–Crippen LogP) is 3.48. The van der Waals surface area contributed by atoms with Gasteiger partial charge in [-0.25, -0.2) is 0 Å². The lowest BCUT2D eigenvalue weighted by molar-refractivity contribution is -0.128. The van der Waals surface area contributed by atoms with Crippen molar-refractivity contribution >= 4 is 5.91 Å². The number of pyridine rings is 2. The molecule has 0 radical (unpaired) electrons. The van der Waals surface area contributed by atoms with Crippen molar-refractivity contribution < 1.29 is 4.79 Å². The van der Waals surface area contributed by atoms with Crippen molar-refractivity contribution in [1.29, 1.82) is 0 Å².